The van der Waals surface area contributed by atoms with Crippen molar-refractivity contribution in [2.45, 2.75) is 25.7 Å². The Morgan fingerprint density at radius 1 is 0.833 bits per heavy atom. The van der Waals surface area contributed by atoms with Gasteiger partial charge in [0.15, 0.2) is 0 Å². The molecule has 2 nitrogen and oxygen atoms in total. The second-order valence-electron chi connectivity index (χ2n) is 8.24. The number of hydrogen-bond donors (Lipinski definition) is 0. The number of aromatic nitrogens is 2. The van der Waals surface area contributed by atoms with E-state index in [0.29, 0.717) is 0 Å². The van der Waals surface area contributed by atoms with Crippen LogP contribution in [0.2, 0.25) is 0 Å². The number of fused-ring (bicyclic) bond motifs is 3. The molecule has 0 atom stereocenters. The molecule has 5 rings (SSSR count). The summed E-state index contributed by atoms with van der Waals surface area (Å²) in [4.78, 5) is 8.52. The lowest BCUT2D eigenvalue weighted by Crippen LogP contribution is -2.22. The van der Waals surface area contributed by atoms with Crippen LogP contribution in [0.5, 0.6) is 0 Å². The van der Waals surface area contributed by atoms with Crippen molar-refractivity contribution < 1.29 is 8.78 Å². The van der Waals surface area contributed by atoms with E-state index in [1.807, 2.05) is 38.1 Å². The number of rotatable bonds is 3. The van der Waals surface area contributed by atoms with Crippen LogP contribution in [0.4, 0.5) is 8.78 Å². The van der Waals surface area contributed by atoms with E-state index >= 15 is 0 Å². The lowest BCUT2D eigenvalue weighted by atomic mass is 9.79. The summed E-state index contributed by atoms with van der Waals surface area (Å²) in [5.74, 6) is -1.30. The van der Waals surface area contributed by atoms with Crippen LogP contribution in [0, 0.1) is 11.6 Å². The average molecular weight is 398 g/mol. The van der Waals surface area contributed by atoms with Crippen molar-refractivity contribution in [3.05, 3.63) is 107 Å². The van der Waals surface area contributed by atoms with E-state index in [1.54, 1.807) is 6.20 Å². The van der Waals surface area contributed by atoms with Crippen molar-refractivity contribution in [1.82, 2.24) is 9.97 Å². The SMILES string of the molecule is CC(C)(c1ccc2c(c1)-c1cc(-c3ccccn3)ccc1C2)c1ncc(F)cc1F. The molecule has 0 radical (unpaired) electrons. The van der Waals surface area contributed by atoms with E-state index in [0.717, 1.165) is 41.1 Å². The second kappa shape index (κ2) is 6.84. The maximum Gasteiger partial charge on any atom is 0.148 e. The van der Waals surface area contributed by atoms with Gasteiger partial charge in [0.1, 0.15) is 11.6 Å². The molecule has 148 valence electrons. The van der Waals surface area contributed by atoms with E-state index in [-0.39, 0.29) is 5.69 Å². The number of hydrogen-bond acceptors (Lipinski definition) is 2. The molecule has 0 aliphatic heterocycles. The molecule has 2 aromatic carbocycles. The fourth-order valence-corrected chi connectivity index (χ4v) is 4.26. The van der Waals surface area contributed by atoms with Crippen LogP contribution in [-0.4, -0.2) is 9.97 Å². The topological polar surface area (TPSA) is 25.8 Å². The first-order chi connectivity index (χ1) is 14.4. The molecule has 0 unspecified atom stereocenters. The van der Waals surface area contributed by atoms with Crippen LogP contribution in [0.3, 0.4) is 0 Å². The van der Waals surface area contributed by atoms with Gasteiger partial charge in [-0.05, 0) is 58.5 Å². The van der Waals surface area contributed by atoms with Crippen molar-refractivity contribution in [1.29, 1.82) is 0 Å². The van der Waals surface area contributed by atoms with Gasteiger partial charge >= 0.3 is 0 Å². The fraction of sp³-hybridized carbons (Fsp3) is 0.154. The van der Waals surface area contributed by atoms with Gasteiger partial charge in [-0.15, -0.1) is 0 Å². The molecular formula is C26H20F2N2. The minimum absolute atomic E-state index is 0.240. The largest absolute Gasteiger partial charge is 0.256 e. The molecule has 0 saturated heterocycles. The van der Waals surface area contributed by atoms with Gasteiger partial charge in [0.25, 0.3) is 0 Å². The van der Waals surface area contributed by atoms with Gasteiger partial charge < -0.3 is 0 Å². The quantitative estimate of drug-likeness (QED) is 0.355. The van der Waals surface area contributed by atoms with E-state index in [4.69, 9.17) is 0 Å². The molecule has 4 aromatic rings. The molecule has 1 aliphatic carbocycles. The van der Waals surface area contributed by atoms with Crippen molar-refractivity contribution >= 4 is 0 Å². The van der Waals surface area contributed by atoms with E-state index < -0.39 is 17.0 Å². The van der Waals surface area contributed by atoms with E-state index in [2.05, 4.69) is 40.3 Å². The molecule has 1 aliphatic rings. The van der Waals surface area contributed by atoms with Crippen LogP contribution < -0.4 is 0 Å². The smallest absolute Gasteiger partial charge is 0.148 e. The highest BCUT2D eigenvalue weighted by Crippen LogP contribution is 2.42. The molecule has 0 fully saturated rings. The van der Waals surface area contributed by atoms with Crippen LogP contribution in [0.15, 0.2) is 73.1 Å². The lowest BCUT2D eigenvalue weighted by molar-refractivity contribution is 0.509. The Morgan fingerprint density at radius 3 is 2.33 bits per heavy atom. The minimum atomic E-state index is -0.700. The van der Waals surface area contributed by atoms with Crippen molar-refractivity contribution in [3.8, 4) is 22.4 Å². The van der Waals surface area contributed by atoms with Gasteiger partial charge in [-0.3, -0.25) is 9.97 Å². The summed E-state index contributed by atoms with van der Waals surface area (Å²) < 4.78 is 27.8. The van der Waals surface area contributed by atoms with Crippen LogP contribution in [0.25, 0.3) is 22.4 Å². The number of pyridine rings is 2. The third kappa shape index (κ3) is 3.00. The average Bonchev–Trinajstić information content (AvgIpc) is 3.11. The van der Waals surface area contributed by atoms with E-state index in [9.17, 15) is 8.78 Å². The summed E-state index contributed by atoms with van der Waals surface area (Å²) in [7, 11) is 0. The van der Waals surface area contributed by atoms with Crippen molar-refractivity contribution in [2.24, 2.45) is 0 Å². The molecule has 2 heterocycles. The summed E-state index contributed by atoms with van der Waals surface area (Å²) in [5.41, 5.74) is 7.32. The van der Waals surface area contributed by atoms with Crippen LogP contribution in [-0.2, 0) is 11.8 Å². The van der Waals surface area contributed by atoms with Crippen LogP contribution >= 0.6 is 0 Å². The Balaban J connectivity index is 1.60. The van der Waals surface area contributed by atoms with Gasteiger partial charge in [-0.1, -0.05) is 44.2 Å². The molecule has 0 amide bonds. The summed E-state index contributed by atoms with van der Waals surface area (Å²) in [6, 6.07) is 19.5. The molecule has 0 saturated carbocycles. The summed E-state index contributed by atoms with van der Waals surface area (Å²) in [6.45, 7) is 3.83. The third-order valence-corrected chi connectivity index (χ3v) is 5.97. The Bertz CT molecular complexity index is 1260. The Labute approximate surface area is 174 Å². The predicted molar refractivity (Wildman–Crippen MR) is 114 cm³/mol. The Kier molecular flexibility index (Phi) is 4.24. The number of nitrogens with zero attached hydrogens (tertiary/aromatic N) is 2. The normalized spacial score (nSPS) is 12.5. The highest BCUT2D eigenvalue weighted by atomic mass is 19.1. The molecule has 0 N–H and O–H groups in total. The fourth-order valence-electron chi connectivity index (χ4n) is 4.26. The first-order valence-electron chi connectivity index (χ1n) is 9.93. The standard InChI is InChI=1S/C26H20F2N2/c1-26(2,25-23(28)14-20(27)15-30-25)19-9-8-17-11-16-6-7-18(12-21(16)22(17)13-19)24-5-3-4-10-29-24/h3-10,12-15H,11H2,1-2H3. The number of benzene rings is 2. The third-order valence-electron chi connectivity index (χ3n) is 5.97. The summed E-state index contributed by atoms with van der Waals surface area (Å²) in [5, 5.41) is 0. The van der Waals surface area contributed by atoms with Crippen molar-refractivity contribution in [3.63, 3.8) is 0 Å². The van der Waals surface area contributed by atoms with E-state index in [1.165, 1.54) is 16.7 Å². The minimum Gasteiger partial charge on any atom is -0.256 e. The predicted octanol–water partition coefficient (Wildman–Crippen LogP) is 6.32. The monoisotopic (exact) mass is 398 g/mol. The van der Waals surface area contributed by atoms with Crippen molar-refractivity contribution in [2.75, 3.05) is 0 Å². The maximum atomic E-state index is 14.5. The zero-order valence-electron chi connectivity index (χ0n) is 16.8. The van der Waals surface area contributed by atoms with Gasteiger partial charge in [-0.25, -0.2) is 8.78 Å². The molecular weight excluding hydrogens is 378 g/mol. The molecule has 0 spiro atoms. The van der Waals surface area contributed by atoms with Gasteiger partial charge in [0.05, 0.1) is 17.6 Å². The second-order valence-corrected chi connectivity index (χ2v) is 8.24. The highest BCUT2D eigenvalue weighted by molar-refractivity contribution is 5.81. The zero-order chi connectivity index (χ0) is 20.9. The highest BCUT2D eigenvalue weighted by Gasteiger charge is 2.30. The van der Waals surface area contributed by atoms with Crippen LogP contribution in [0.1, 0.15) is 36.2 Å². The number of halogens is 2. The first kappa shape index (κ1) is 18.6. The Morgan fingerprint density at radius 2 is 1.60 bits per heavy atom. The maximum absolute atomic E-state index is 14.5. The van der Waals surface area contributed by atoms with Gasteiger partial charge in [-0.2, -0.15) is 0 Å². The molecule has 4 heteroatoms. The summed E-state index contributed by atoms with van der Waals surface area (Å²) >= 11 is 0. The zero-order valence-corrected chi connectivity index (χ0v) is 16.8. The molecule has 0 bridgehead atoms. The summed E-state index contributed by atoms with van der Waals surface area (Å²) in [6.07, 6.45) is 3.74. The van der Waals surface area contributed by atoms with Gasteiger partial charge in [0.2, 0.25) is 0 Å². The Hall–Kier alpha value is -3.40. The molecule has 30 heavy (non-hydrogen) atoms. The first-order valence-corrected chi connectivity index (χ1v) is 9.93. The van der Waals surface area contributed by atoms with Gasteiger partial charge in [0, 0.05) is 23.2 Å². The lowest BCUT2D eigenvalue weighted by Gasteiger charge is -2.26. The molecule has 2 aromatic heterocycles.